The zero-order chi connectivity index (χ0) is 19.5. The molecule has 0 bridgehead atoms. The molecule has 0 aromatic heterocycles. The van der Waals surface area contributed by atoms with Gasteiger partial charge in [-0.2, -0.15) is 0 Å². The molecule has 0 heterocycles. The highest BCUT2D eigenvalue weighted by atomic mass is 16.5. The lowest BCUT2D eigenvalue weighted by Crippen LogP contribution is -2.21. The zero-order valence-corrected chi connectivity index (χ0v) is 15.5. The number of esters is 1. The highest BCUT2D eigenvalue weighted by molar-refractivity contribution is 5.95. The van der Waals surface area contributed by atoms with Gasteiger partial charge in [0.15, 0.2) is 0 Å². The molecule has 0 fully saturated rings. The Kier molecular flexibility index (Phi) is 4.81. The fraction of sp³-hybridized carbons (Fsp3) is 0.130. The van der Waals surface area contributed by atoms with Crippen LogP contribution in [-0.2, 0) is 16.0 Å². The molecule has 0 unspecified atom stereocenters. The van der Waals surface area contributed by atoms with E-state index in [0.29, 0.717) is 11.3 Å². The van der Waals surface area contributed by atoms with E-state index in [2.05, 4.69) is 51.8 Å². The van der Waals surface area contributed by atoms with Gasteiger partial charge in [-0.3, -0.25) is 4.79 Å². The average molecular weight is 372 g/mol. The molecule has 5 nitrogen and oxygen atoms in total. The molecular formula is C23H20N2O3. The third-order valence-electron chi connectivity index (χ3n) is 4.84. The van der Waals surface area contributed by atoms with E-state index in [1.165, 1.54) is 29.4 Å². The van der Waals surface area contributed by atoms with Crippen LogP contribution in [0.3, 0.4) is 0 Å². The van der Waals surface area contributed by atoms with Crippen molar-refractivity contribution in [3.05, 3.63) is 83.4 Å². The van der Waals surface area contributed by atoms with Crippen molar-refractivity contribution in [2.24, 2.45) is 0 Å². The molecule has 0 radical (unpaired) electrons. The summed E-state index contributed by atoms with van der Waals surface area (Å²) in [5, 5.41) is 5.98. The summed E-state index contributed by atoms with van der Waals surface area (Å²) >= 11 is 0. The Morgan fingerprint density at radius 3 is 2.39 bits per heavy atom. The second kappa shape index (κ2) is 7.56. The summed E-state index contributed by atoms with van der Waals surface area (Å²) in [5.41, 5.74) is 7.14. The maximum atomic E-state index is 12.2. The van der Waals surface area contributed by atoms with Crippen molar-refractivity contribution in [1.29, 1.82) is 0 Å². The number of carbonyl (C=O) groups excluding carboxylic acids is 2. The molecule has 2 N–H and O–H groups in total. The van der Waals surface area contributed by atoms with Gasteiger partial charge in [-0.05, 0) is 65.1 Å². The largest absolute Gasteiger partial charge is 0.465 e. The summed E-state index contributed by atoms with van der Waals surface area (Å²) in [7, 11) is 1.33. The first-order valence-electron chi connectivity index (χ1n) is 9.07. The Bertz CT molecular complexity index is 1040. The van der Waals surface area contributed by atoms with E-state index in [-0.39, 0.29) is 12.5 Å². The van der Waals surface area contributed by atoms with Gasteiger partial charge >= 0.3 is 5.97 Å². The Morgan fingerprint density at radius 2 is 1.61 bits per heavy atom. The van der Waals surface area contributed by atoms with Crippen molar-refractivity contribution in [2.75, 3.05) is 24.3 Å². The predicted molar refractivity (Wildman–Crippen MR) is 110 cm³/mol. The maximum absolute atomic E-state index is 12.2. The van der Waals surface area contributed by atoms with Gasteiger partial charge in [0.25, 0.3) is 0 Å². The van der Waals surface area contributed by atoms with Gasteiger partial charge in [-0.1, -0.05) is 30.3 Å². The van der Waals surface area contributed by atoms with E-state index < -0.39 is 5.97 Å². The molecule has 5 heteroatoms. The van der Waals surface area contributed by atoms with E-state index in [1.807, 2.05) is 6.07 Å². The summed E-state index contributed by atoms with van der Waals surface area (Å²) in [4.78, 5) is 23.6. The van der Waals surface area contributed by atoms with Crippen LogP contribution in [0, 0.1) is 0 Å². The first-order chi connectivity index (χ1) is 13.6. The van der Waals surface area contributed by atoms with Crippen molar-refractivity contribution in [2.45, 2.75) is 6.42 Å². The summed E-state index contributed by atoms with van der Waals surface area (Å²) in [6.45, 7) is 0.157. The van der Waals surface area contributed by atoms with E-state index in [9.17, 15) is 9.59 Å². The van der Waals surface area contributed by atoms with Gasteiger partial charge in [-0.15, -0.1) is 0 Å². The van der Waals surface area contributed by atoms with Crippen LogP contribution in [0.2, 0.25) is 0 Å². The fourth-order valence-corrected chi connectivity index (χ4v) is 3.45. The summed E-state index contributed by atoms with van der Waals surface area (Å²) < 4.78 is 4.66. The molecule has 0 atom stereocenters. The number of benzene rings is 3. The molecule has 140 valence electrons. The summed E-state index contributed by atoms with van der Waals surface area (Å²) in [6, 6.07) is 21.2. The van der Waals surface area contributed by atoms with Crippen molar-refractivity contribution >= 4 is 23.3 Å². The molecule has 1 amide bonds. The van der Waals surface area contributed by atoms with Crippen LogP contribution in [0.4, 0.5) is 11.4 Å². The van der Waals surface area contributed by atoms with Crippen LogP contribution in [0.1, 0.15) is 21.5 Å². The van der Waals surface area contributed by atoms with Gasteiger partial charge in [-0.25, -0.2) is 4.79 Å². The fourth-order valence-electron chi connectivity index (χ4n) is 3.45. The van der Waals surface area contributed by atoms with Gasteiger partial charge in [0, 0.05) is 11.4 Å². The van der Waals surface area contributed by atoms with Crippen LogP contribution in [0.5, 0.6) is 0 Å². The highest BCUT2D eigenvalue weighted by Crippen LogP contribution is 2.37. The molecule has 0 spiro atoms. The topological polar surface area (TPSA) is 67.4 Å². The van der Waals surface area contributed by atoms with Gasteiger partial charge in [0.05, 0.1) is 19.2 Å². The second-order valence-corrected chi connectivity index (χ2v) is 6.68. The molecule has 0 saturated heterocycles. The van der Waals surface area contributed by atoms with E-state index in [4.69, 9.17) is 0 Å². The summed E-state index contributed by atoms with van der Waals surface area (Å²) in [6.07, 6.45) is 0.916. The molecule has 28 heavy (non-hydrogen) atoms. The Labute approximate surface area is 163 Å². The quantitative estimate of drug-likeness (QED) is 0.518. The highest BCUT2D eigenvalue weighted by Gasteiger charge is 2.17. The number of carbonyl (C=O) groups is 2. The maximum Gasteiger partial charge on any atom is 0.337 e. The number of nitrogens with one attached hydrogen (secondary N) is 2. The number of amides is 1. The normalized spacial score (nSPS) is 11.3. The molecule has 0 aliphatic heterocycles. The third-order valence-corrected chi connectivity index (χ3v) is 4.84. The Balaban J connectivity index is 1.35. The van der Waals surface area contributed by atoms with Gasteiger partial charge in [0.2, 0.25) is 5.91 Å². The van der Waals surface area contributed by atoms with Gasteiger partial charge < -0.3 is 15.4 Å². The van der Waals surface area contributed by atoms with Crippen LogP contribution in [-0.4, -0.2) is 25.5 Å². The standard InChI is InChI=1S/C23H20N2O3/c1-28-23(27)15-6-8-18(9-7-15)25-22(26)14-24-19-10-11-21-17(13-19)12-16-4-2-3-5-20(16)21/h2-11,13,24H,12,14H2,1H3,(H,25,26). The minimum absolute atomic E-state index is 0.157. The van der Waals surface area contributed by atoms with Crippen LogP contribution < -0.4 is 10.6 Å². The van der Waals surface area contributed by atoms with E-state index in [1.54, 1.807) is 24.3 Å². The number of ether oxygens (including phenoxy) is 1. The summed E-state index contributed by atoms with van der Waals surface area (Å²) in [5.74, 6) is -0.562. The lowest BCUT2D eigenvalue weighted by atomic mass is 10.1. The van der Waals surface area contributed by atoms with Gasteiger partial charge in [0.1, 0.15) is 0 Å². The molecule has 3 aromatic rings. The molecule has 1 aliphatic rings. The van der Waals surface area contributed by atoms with E-state index in [0.717, 1.165) is 12.1 Å². The van der Waals surface area contributed by atoms with Crippen molar-refractivity contribution in [1.82, 2.24) is 0 Å². The van der Waals surface area contributed by atoms with Crippen LogP contribution in [0.15, 0.2) is 66.7 Å². The molecule has 1 aliphatic carbocycles. The van der Waals surface area contributed by atoms with Crippen LogP contribution in [0.25, 0.3) is 11.1 Å². The van der Waals surface area contributed by atoms with Crippen molar-refractivity contribution in [3.8, 4) is 11.1 Å². The smallest absolute Gasteiger partial charge is 0.337 e. The predicted octanol–water partition coefficient (Wildman–Crippen LogP) is 4.10. The Morgan fingerprint density at radius 1 is 0.893 bits per heavy atom. The Hall–Kier alpha value is -3.60. The third kappa shape index (κ3) is 3.60. The number of rotatable bonds is 5. The first kappa shape index (κ1) is 17.8. The monoisotopic (exact) mass is 372 g/mol. The molecule has 4 rings (SSSR count). The van der Waals surface area contributed by atoms with E-state index >= 15 is 0 Å². The first-order valence-corrected chi connectivity index (χ1v) is 9.07. The van der Waals surface area contributed by atoms with Crippen molar-refractivity contribution < 1.29 is 14.3 Å². The molecule has 0 saturated carbocycles. The number of hydrogen-bond donors (Lipinski definition) is 2. The number of hydrogen-bond acceptors (Lipinski definition) is 4. The number of methoxy groups -OCH3 is 1. The number of anilines is 2. The van der Waals surface area contributed by atoms with Crippen LogP contribution >= 0.6 is 0 Å². The zero-order valence-electron chi connectivity index (χ0n) is 15.5. The molecular weight excluding hydrogens is 352 g/mol. The second-order valence-electron chi connectivity index (χ2n) is 6.68. The number of fused-ring (bicyclic) bond motifs is 3. The molecule has 3 aromatic carbocycles. The average Bonchev–Trinajstić information content (AvgIpc) is 3.10. The SMILES string of the molecule is COC(=O)c1ccc(NC(=O)CNc2ccc3c(c2)Cc2ccccc2-3)cc1. The minimum atomic E-state index is -0.404. The lowest BCUT2D eigenvalue weighted by Gasteiger charge is -2.10. The van der Waals surface area contributed by atoms with Crippen molar-refractivity contribution in [3.63, 3.8) is 0 Å². The lowest BCUT2D eigenvalue weighted by molar-refractivity contribution is -0.114. The minimum Gasteiger partial charge on any atom is -0.465 e.